The summed E-state index contributed by atoms with van der Waals surface area (Å²) < 4.78 is 0. The van der Waals surface area contributed by atoms with E-state index < -0.39 is 0 Å². The highest BCUT2D eigenvalue weighted by Crippen LogP contribution is 2.09. The van der Waals surface area contributed by atoms with Crippen molar-refractivity contribution in [1.29, 1.82) is 0 Å². The number of halogens is 1. The Kier molecular flexibility index (Phi) is 12.3. The first-order chi connectivity index (χ1) is 12.6. The smallest absolute Gasteiger partial charge is 0.222 e. The molecule has 2 saturated heterocycles. The van der Waals surface area contributed by atoms with Crippen LogP contribution in [0.2, 0.25) is 0 Å². The van der Waals surface area contributed by atoms with Crippen molar-refractivity contribution in [2.45, 2.75) is 46.1 Å². The van der Waals surface area contributed by atoms with Gasteiger partial charge in [-0.25, -0.2) is 0 Å². The number of guanidine groups is 1. The number of carbonyl (C=O) groups is 1. The van der Waals surface area contributed by atoms with Gasteiger partial charge in [0.1, 0.15) is 0 Å². The predicted octanol–water partition coefficient (Wildman–Crippen LogP) is 1.20. The Balaban J connectivity index is 0.00000364. The van der Waals surface area contributed by atoms with Crippen molar-refractivity contribution in [3.8, 4) is 0 Å². The minimum absolute atomic E-state index is 0. The monoisotopic (exact) mass is 494 g/mol. The third-order valence-corrected chi connectivity index (χ3v) is 5.40. The molecule has 2 aliphatic heterocycles. The van der Waals surface area contributed by atoms with Gasteiger partial charge in [-0.15, -0.1) is 24.0 Å². The number of nitrogens with one attached hydrogen (secondary N) is 2. The van der Waals surface area contributed by atoms with Crippen LogP contribution >= 0.6 is 24.0 Å². The van der Waals surface area contributed by atoms with Crippen LogP contribution in [-0.4, -0.2) is 98.1 Å². The zero-order chi connectivity index (χ0) is 18.8. The Morgan fingerprint density at radius 3 is 2.48 bits per heavy atom. The fraction of sp³-hybridized carbons (Fsp3) is 0.895. The molecule has 0 bridgehead atoms. The maximum absolute atomic E-state index is 11.6. The number of rotatable bonds is 9. The van der Waals surface area contributed by atoms with E-state index in [0.29, 0.717) is 11.9 Å². The summed E-state index contributed by atoms with van der Waals surface area (Å²) in [6, 6.07) is 0.465. The van der Waals surface area contributed by atoms with Crippen molar-refractivity contribution in [2.75, 3.05) is 65.4 Å². The second kappa shape index (κ2) is 13.5. The highest BCUT2D eigenvalue weighted by molar-refractivity contribution is 14.0. The standard InChI is InChI=1S/C19H38N6O.HI/c1-4-20-19(21-9-7-11-25-10-6-8-18(25)26)22-16-17(3)24-14-12-23(5-2)13-15-24;/h17H,4-16H2,1-3H3,(H2,20,21,22);1H. The number of aliphatic imine (C=N–C) groups is 1. The summed E-state index contributed by atoms with van der Waals surface area (Å²) in [5.41, 5.74) is 0. The normalized spacial score (nSPS) is 20.5. The minimum atomic E-state index is 0. The third kappa shape index (κ3) is 8.51. The highest BCUT2D eigenvalue weighted by atomic mass is 127. The van der Waals surface area contributed by atoms with Gasteiger partial charge < -0.3 is 20.4 Å². The van der Waals surface area contributed by atoms with Gasteiger partial charge >= 0.3 is 0 Å². The van der Waals surface area contributed by atoms with Crippen molar-refractivity contribution in [2.24, 2.45) is 4.99 Å². The second-order valence-electron chi connectivity index (χ2n) is 7.30. The molecule has 0 aromatic heterocycles. The fourth-order valence-corrected chi connectivity index (χ4v) is 3.62. The lowest BCUT2D eigenvalue weighted by molar-refractivity contribution is -0.127. The summed E-state index contributed by atoms with van der Waals surface area (Å²) in [5.74, 6) is 1.20. The molecule has 0 spiro atoms. The van der Waals surface area contributed by atoms with Crippen LogP contribution in [0.15, 0.2) is 4.99 Å². The van der Waals surface area contributed by atoms with Crippen LogP contribution in [0.25, 0.3) is 0 Å². The van der Waals surface area contributed by atoms with Crippen molar-refractivity contribution < 1.29 is 4.79 Å². The maximum Gasteiger partial charge on any atom is 0.222 e. The van der Waals surface area contributed by atoms with Crippen LogP contribution in [0.4, 0.5) is 0 Å². The zero-order valence-corrected chi connectivity index (χ0v) is 19.7. The van der Waals surface area contributed by atoms with Crippen molar-refractivity contribution in [3.05, 3.63) is 0 Å². The lowest BCUT2D eigenvalue weighted by Crippen LogP contribution is -2.50. The molecule has 0 aliphatic carbocycles. The molecule has 2 N–H and O–H groups in total. The van der Waals surface area contributed by atoms with Crippen molar-refractivity contribution >= 4 is 35.8 Å². The molecular formula is C19H39IN6O. The van der Waals surface area contributed by atoms with Crippen LogP contribution in [0.1, 0.15) is 40.0 Å². The molecule has 1 amide bonds. The lowest BCUT2D eigenvalue weighted by Gasteiger charge is -2.37. The summed E-state index contributed by atoms with van der Waals surface area (Å²) >= 11 is 0. The molecule has 2 fully saturated rings. The van der Waals surface area contributed by atoms with Crippen LogP contribution in [0.5, 0.6) is 0 Å². The number of hydrogen-bond donors (Lipinski definition) is 2. The van der Waals surface area contributed by atoms with Gasteiger partial charge in [-0.1, -0.05) is 6.92 Å². The van der Waals surface area contributed by atoms with E-state index in [1.165, 1.54) is 0 Å². The average molecular weight is 494 g/mol. The molecular weight excluding hydrogens is 455 g/mol. The maximum atomic E-state index is 11.6. The number of piperazine rings is 1. The lowest BCUT2D eigenvalue weighted by atomic mass is 10.2. The molecule has 2 aliphatic rings. The molecule has 158 valence electrons. The van der Waals surface area contributed by atoms with Gasteiger partial charge in [-0.05, 0) is 33.2 Å². The Morgan fingerprint density at radius 2 is 1.89 bits per heavy atom. The quantitative estimate of drug-likeness (QED) is 0.218. The summed E-state index contributed by atoms with van der Waals surface area (Å²) in [6.07, 6.45) is 2.70. The molecule has 0 aromatic rings. The van der Waals surface area contributed by atoms with Crippen LogP contribution in [-0.2, 0) is 4.79 Å². The first kappa shape index (κ1) is 24.4. The van der Waals surface area contributed by atoms with Gasteiger partial charge in [0.25, 0.3) is 0 Å². The van der Waals surface area contributed by atoms with E-state index in [1.54, 1.807) is 0 Å². The second-order valence-corrected chi connectivity index (χ2v) is 7.30. The summed E-state index contributed by atoms with van der Waals surface area (Å²) in [7, 11) is 0. The summed E-state index contributed by atoms with van der Waals surface area (Å²) in [4.78, 5) is 23.4. The Labute approximate surface area is 182 Å². The molecule has 0 saturated carbocycles. The first-order valence-electron chi connectivity index (χ1n) is 10.4. The number of amides is 1. The molecule has 1 atom stereocenters. The van der Waals surface area contributed by atoms with Crippen LogP contribution in [0.3, 0.4) is 0 Å². The number of hydrogen-bond acceptors (Lipinski definition) is 4. The fourth-order valence-electron chi connectivity index (χ4n) is 3.62. The van der Waals surface area contributed by atoms with Crippen molar-refractivity contribution in [1.82, 2.24) is 25.3 Å². The van der Waals surface area contributed by atoms with E-state index in [4.69, 9.17) is 4.99 Å². The topological polar surface area (TPSA) is 63.2 Å². The molecule has 8 heteroatoms. The van der Waals surface area contributed by atoms with Crippen LogP contribution in [0, 0.1) is 0 Å². The van der Waals surface area contributed by atoms with Gasteiger partial charge in [-0.3, -0.25) is 14.7 Å². The molecule has 0 aromatic carbocycles. The van der Waals surface area contributed by atoms with E-state index in [1.807, 2.05) is 4.90 Å². The van der Waals surface area contributed by atoms with Gasteiger partial charge in [-0.2, -0.15) is 0 Å². The zero-order valence-electron chi connectivity index (χ0n) is 17.4. The number of likely N-dealkylation sites (tertiary alicyclic amines) is 1. The predicted molar refractivity (Wildman–Crippen MR) is 123 cm³/mol. The van der Waals surface area contributed by atoms with E-state index in [2.05, 4.69) is 41.2 Å². The molecule has 2 rings (SSSR count). The number of carbonyl (C=O) groups excluding carboxylic acids is 1. The largest absolute Gasteiger partial charge is 0.357 e. The van der Waals surface area contributed by atoms with E-state index >= 15 is 0 Å². The molecule has 2 heterocycles. The van der Waals surface area contributed by atoms with Crippen LogP contribution < -0.4 is 10.6 Å². The van der Waals surface area contributed by atoms with Crippen molar-refractivity contribution in [3.63, 3.8) is 0 Å². The Hall–Kier alpha value is -0.610. The Bertz CT molecular complexity index is 453. The summed E-state index contributed by atoms with van der Waals surface area (Å²) in [6.45, 7) is 16.6. The molecule has 27 heavy (non-hydrogen) atoms. The SMILES string of the molecule is CCNC(=NCC(C)N1CCN(CC)CC1)NCCCN1CCCC1=O.I. The minimum Gasteiger partial charge on any atom is -0.357 e. The molecule has 7 nitrogen and oxygen atoms in total. The molecule has 0 radical (unpaired) electrons. The third-order valence-electron chi connectivity index (χ3n) is 5.40. The van der Waals surface area contributed by atoms with E-state index in [-0.39, 0.29) is 24.0 Å². The van der Waals surface area contributed by atoms with Gasteiger partial charge in [0, 0.05) is 64.8 Å². The Morgan fingerprint density at radius 1 is 1.15 bits per heavy atom. The van der Waals surface area contributed by atoms with Gasteiger partial charge in [0.15, 0.2) is 5.96 Å². The van der Waals surface area contributed by atoms with E-state index in [9.17, 15) is 4.79 Å². The first-order valence-corrected chi connectivity index (χ1v) is 10.4. The van der Waals surface area contributed by atoms with Gasteiger partial charge in [0.05, 0.1) is 6.54 Å². The summed E-state index contributed by atoms with van der Waals surface area (Å²) in [5, 5.41) is 6.73. The number of nitrogens with zero attached hydrogens (tertiary/aromatic N) is 4. The van der Waals surface area contributed by atoms with Gasteiger partial charge in [0.2, 0.25) is 5.91 Å². The van der Waals surface area contributed by atoms with E-state index in [0.717, 1.165) is 90.7 Å². The molecule has 1 unspecified atom stereocenters. The number of likely N-dealkylation sites (N-methyl/N-ethyl adjacent to an activating group) is 1. The average Bonchev–Trinajstić information content (AvgIpc) is 3.07. The highest BCUT2D eigenvalue weighted by Gasteiger charge is 2.20.